The molecule has 0 atom stereocenters. The number of pyridine rings is 1. The molecule has 6 heterocycles. The zero-order valence-electron chi connectivity index (χ0n) is 18.7. The van der Waals surface area contributed by atoms with Crippen LogP contribution in [0.1, 0.15) is 24.6 Å². The molecule has 2 saturated heterocycles. The van der Waals surface area contributed by atoms with Gasteiger partial charge in [0.25, 0.3) is 0 Å². The fourth-order valence-corrected chi connectivity index (χ4v) is 4.87. The van der Waals surface area contributed by atoms with E-state index in [-0.39, 0.29) is 11.6 Å². The van der Waals surface area contributed by atoms with E-state index in [4.69, 9.17) is 10.5 Å². The van der Waals surface area contributed by atoms with Crippen molar-refractivity contribution < 1.29 is 17.9 Å². The molecule has 4 aromatic heterocycles. The van der Waals surface area contributed by atoms with Gasteiger partial charge in [-0.05, 0) is 18.9 Å². The molecule has 0 aliphatic carbocycles. The van der Waals surface area contributed by atoms with Crippen molar-refractivity contribution in [3.63, 3.8) is 0 Å². The third-order valence-electron chi connectivity index (χ3n) is 6.77. The minimum Gasteiger partial charge on any atom is -0.378 e. The van der Waals surface area contributed by atoms with Crippen molar-refractivity contribution in [2.24, 2.45) is 0 Å². The fourth-order valence-electron chi connectivity index (χ4n) is 4.87. The van der Waals surface area contributed by atoms with Gasteiger partial charge in [0, 0.05) is 53.9 Å². The maximum atomic E-state index is 13.1. The lowest BCUT2D eigenvalue weighted by Gasteiger charge is -2.41. The van der Waals surface area contributed by atoms with E-state index in [9.17, 15) is 13.2 Å². The van der Waals surface area contributed by atoms with Gasteiger partial charge in [-0.25, -0.2) is 4.52 Å². The summed E-state index contributed by atoms with van der Waals surface area (Å²) in [7, 11) is 0. The number of hydrogen-bond donors (Lipinski definition) is 2. The average molecular weight is 487 g/mol. The zero-order chi connectivity index (χ0) is 24.2. The lowest BCUT2D eigenvalue weighted by Crippen LogP contribution is -2.51. The summed E-state index contributed by atoms with van der Waals surface area (Å²) in [5, 5.41) is 15.2. The van der Waals surface area contributed by atoms with Crippen LogP contribution in [0.2, 0.25) is 0 Å². The van der Waals surface area contributed by atoms with Crippen molar-refractivity contribution in [3.05, 3.63) is 36.5 Å². The summed E-state index contributed by atoms with van der Waals surface area (Å²) in [6.45, 7) is 3.64. The number of aromatic amines is 1. The summed E-state index contributed by atoms with van der Waals surface area (Å²) in [4.78, 5) is 6.70. The highest BCUT2D eigenvalue weighted by Gasteiger charge is 2.32. The number of piperidine rings is 1. The van der Waals surface area contributed by atoms with E-state index in [0.29, 0.717) is 28.9 Å². The van der Waals surface area contributed by atoms with Crippen molar-refractivity contribution in [1.82, 2.24) is 39.5 Å². The van der Waals surface area contributed by atoms with Crippen molar-refractivity contribution >= 4 is 11.6 Å². The number of nitrogens with two attached hydrogens (primary N) is 1. The number of nitrogens with zero attached hydrogens (tertiary/aromatic N) is 7. The first-order valence-corrected chi connectivity index (χ1v) is 11.5. The molecule has 6 rings (SSSR count). The first-order chi connectivity index (χ1) is 16.8. The number of likely N-dealkylation sites (tertiary alicyclic amines) is 1. The summed E-state index contributed by atoms with van der Waals surface area (Å²) in [6, 6.07) is 2.61. The maximum absolute atomic E-state index is 13.1. The average Bonchev–Trinajstić information content (AvgIpc) is 3.50. The molecule has 0 saturated carbocycles. The Morgan fingerprint density at radius 1 is 1.09 bits per heavy atom. The molecule has 0 bridgehead atoms. The van der Waals surface area contributed by atoms with E-state index >= 15 is 0 Å². The van der Waals surface area contributed by atoms with E-state index < -0.39 is 12.6 Å². The predicted octanol–water partition coefficient (Wildman–Crippen LogP) is 2.71. The van der Waals surface area contributed by atoms with Gasteiger partial charge in [0.1, 0.15) is 0 Å². The zero-order valence-corrected chi connectivity index (χ0v) is 18.7. The number of nitrogen functional groups attached to an aromatic ring is 1. The topological polar surface area (TPSA) is 115 Å². The minimum absolute atomic E-state index is 0.0311. The predicted molar refractivity (Wildman–Crippen MR) is 120 cm³/mol. The Morgan fingerprint density at radius 3 is 2.60 bits per heavy atom. The molecule has 2 fully saturated rings. The highest BCUT2D eigenvalue weighted by atomic mass is 19.4. The second-order valence-electron chi connectivity index (χ2n) is 9.09. The Balaban J connectivity index is 1.31. The third kappa shape index (κ3) is 4.25. The highest BCUT2D eigenvalue weighted by Crippen LogP contribution is 2.34. The summed E-state index contributed by atoms with van der Waals surface area (Å²) in [6.07, 6.45) is 3.38. The Kier molecular flexibility index (Phi) is 5.25. The third-order valence-corrected chi connectivity index (χ3v) is 6.77. The Hall–Kier alpha value is -3.45. The van der Waals surface area contributed by atoms with Crippen LogP contribution in [0.25, 0.3) is 27.9 Å². The van der Waals surface area contributed by atoms with Crippen LogP contribution in [0.3, 0.4) is 0 Å². The molecule has 35 heavy (non-hydrogen) atoms. The maximum Gasteiger partial charge on any atom is 0.394 e. The molecule has 4 aromatic rings. The number of hydrogen-bond acceptors (Lipinski definition) is 7. The van der Waals surface area contributed by atoms with Crippen molar-refractivity contribution in [2.45, 2.75) is 37.5 Å². The van der Waals surface area contributed by atoms with Crippen molar-refractivity contribution in [3.8, 4) is 22.3 Å². The molecular formula is C22H24F3N9O. The molecule has 0 amide bonds. The normalized spacial score (nSPS) is 18.4. The van der Waals surface area contributed by atoms with Crippen molar-refractivity contribution in [2.75, 3.05) is 32.0 Å². The number of alkyl halides is 3. The molecule has 0 radical (unpaired) electrons. The lowest BCUT2D eigenvalue weighted by atomic mass is 10.0. The SMILES string of the molecule is Nc1nc2c(-c3c[nH]nc3CC(F)(F)F)cc(-c3cnn(C4CCN(C5COC5)CC4)c3)cn2n1. The number of halogens is 3. The number of H-pyrrole nitrogens is 1. The van der Waals surface area contributed by atoms with E-state index in [0.717, 1.165) is 50.3 Å². The number of fused-ring (bicyclic) bond motifs is 1. The molecule has 0 spiro atoms. The molecule has 13 heteroatoms. The number of nitrogens with one attached hydrogen (secondary N) is 1. The summed E-state index contributed by atoms with van der Waals surface area (Å²) < 4.78 is 48.1. The van der Waals surface area contributed by atoms with Crippen LogP contribution in [0.15, 0.2) is 30.9 Å². The van der Waals surface area contributed by atoms with Gasteiger partial charge in [0.2, 0.25) is 5.95 Å². The van der Waals surface area contributed by atoms with Gasteiger partial charge in [-0.15, -0.1) is 5.10 Å². The van der Waals surface area contributed by atoms with Crippen LogP contribution < -0.4 is 5.73 Å². The first-order valence-electron chi connectivity index (χ1n) is 11.5. The van der Waals surface area contributed by atoms with Gasteiger partial charge in [-0.2, -0.15) is 28.4 Å². The Morgan fingerprint density at radius 2 is 1.89 bits per heavy atom. The summed E-state index contributed by atoms with van der Waals surface area (Å²) >= 11 is 0. The molecule has 184 valence electrons. The summed E-state index contributed by atoms with van der Waals surface area (Å²) in [5.74, 6) is 0.0311. The van der Waals surface area contributed by atoms with Gasteiger partial charge in [-0.1, -0.05) is 0 Å². The first kappa shape index (κ1) is 22.0. The smallest absolute Gasteiger partial charge is 0.378 e. The molecule has 0 aromatic carbocycles. The van der Waals surface area contributed by atoms with Gasteiger partial charge >= 0.3 is 6.18 Å². The molecule has 10 nitrogen and oxygen atoms in total. The van der Waals surface area contributed by atoms with Crippen LogP contribution >= 0.6 is 0 Å². The van der Waals surface area contributed by atoms with E-state index in [2.05, 4.69) is 30.3 Å². The quantitative estimate of drug-likeness (QED) is 0.445. The van der Waals surface area contributed by atoms with E-state index in [1.54, 1.807) is 18.5 Å². The van der Waals surface area contributed by atoms with E-state index in [1.807, 2.05) is 10.9 Å². The van der Waals surface area contributed by atoms with Crippen LogP contribution in [0, 0.1) is 0 Å². The second kappa shape index (κ2) is 8.34. The van der Waals surface area contributed by atoms with Gasteiger partial charge < -0.3 is 10.5 Å². The molecular weight excluding hydrogens is 463 g/mol. The second-order valence-corrected chi connectivity index (χ2v) is 9.09. The van der Waals surface area contributed by atoms with Gasteiger partial charge in [0.15, 0.2) is 5.65 Å². The standard InChI is InChI=1S/C22H24F3N9O/c23-22(24,25)6-19-18(8-27-30-19)17-5-13(9-34-20(17)29-21(26)31-34)14-7-28-33(10-14)15-1-3-32(4-2-15)16-11-35-12-16/h5,7-10,15-16H,1-4,6,11-12H2,(H2,26,31)(H,27,30). The van der Waals surface area contributed by atoms with Gasteiger partial charge in [-0.3, -0.25) is 14.7 Å². The van der Waals surface area contributed by atoms with Crippen LogP contribution in [-0.4, -0.2) is 78.0 Å². The van der Waals surface area contributed by atoms with Crippen molar-refractivity contribution in [1.29, 1.82) is 0 Å². The lowest BCUT2D eigenvalue weighted by molar-refractivity contribution is -0.127. The molecule has 0 unspecified atom stereocenters. The van der Waals surface area contributed by atoms with Crippen LogP contribution in [0.5, 0.6) is 0 Å². The summed E-state index contributed by atoms with van der Waals surface area (Å²) in [5.41, 5.74) is 8.40. The fraction of sp³-hybridized carbons (Fsp3) is 0.455. The van der Waals surface area contributed by atoms with Crippen LogP contribution in [0.4, 0.5) is 19.1 Å². The Labute approximate surface area is 197 Å². The molecule has 3 N–H and O–H groups in total. The number of rotatable bonds is 5. The molecule has 2 aliphatic rings. The highest BCUT2D eigenvalue weighted by molar-refractivity contribution is 5.83. The number of anilines is 1. The van der Waals surface area contributed by atoms with E-state index in [1.165, 1.54) is 10.7 Å². The number of aromatic nitrogens is 7. The minimum atomic E-state index is -4.40. The Bertz CT molecular complexity index is 1350. The van der Waals surface area contributed by atoms with Gasteiger partial charge in [0.05, 0.1) is 43.6 Å². The largest absolute Gasteiger partial charge is 0.394 e. The number of ether oxygens (including phenoxy) is 1. The monoisotopic (exact) mass is 487 g/mol. The van der Waals surface area contributed by atoms with Crippen LogP contribution in [-0.2, 0) is 11.2 Å². The molecule has 2 aliphatic heterocycles.